The van der Waals surface area contributed by atoms with E-state index in [4.69, 9.17) is 10.8 Å². The lowest BCUT2D eigenvalue weighted by atomic mass is 10.1. The summed E-state index contributed by atoms with van der Waals surface area (Å²) < 4.78 is 0.673. The maximum absolute atomic E-state index is 11.8. The number of carbonyl (C=O) groups excluding carboxylic acids is 2. The van der Waals surface area contributed by atoms with Crippen LogP contribution >= 0.6 is 15.9 Å². The molecule has 0 radical (unpaired) electrons. The highest BCUT2D eigenvalue weighted by molar-refractivity contribution is 9.10. The summed E-state index contributed by atoms with van der Waals surface area (Å²) in [4.78, 5) is 33.5. The van der Waals surface area contributed by atoms with Crippen molar-refractivity contribution in [1.29, 1.82) is 0 Å². The van der Waals surface area contributed by atoms with Gasteiger partial charge in [-0.05, 0) is 47.0 Å². The lowest BCUT2D eigenvalue weighted by molar-refractivity contribution is -0.139. The number of nitrogens with one attached hydrogen (secondary N) is 2. The van der Waals surface area contributed by atoms with Crippen molar-refractivity contribution >= 4 is 39.5 Å². The summed E-state index contributed by atoms with van der Waals surface area (Å²) in [6.07, 6.45) is -0.182. The minimum Gasteiger partial charge on any atom is -0.480 e. The smallest absolute Gasteiger partial charge is 0.326 e. The molecule has 0 aliphatic heterocycles. The summed E-state index contributed by atoms with van der Waals surface area (Å²) in [7, 11) is 0. The molecular weight excluding hydrogens is 342 g/mol. The summed E-state index contributed by atoms with van der Waals surface area (Å²) in [5.74, 6) is -1.85. The predicted molar refractivity (Wildman–Crippen MR) is 80.9 cm³/mol. The fourth-order valence-electron chi connectivity index (χ4n) is 1.60. The molecule has 1 aromatic rings. The molecule has 21 heavy (non-hydrogen) atoms. The van der Waals surface area contributed by atoms with Crippen molar-refractivity contribution in [2.75, 3.05) is 5.32 Å². The van der Waals surface area contributed by atoms with Gasteiger partial charge in [0.05, 0.1) is 5.69 Å². The highest BCUT2D eigenvalue weighted by Crippen LogP contribution is 2.23. The Labute approximate surface area is 130 Å². The molecular formula is C13H16BrN3O4. The van der Waals surface area contributed by atoms with Gasteiger partial charge in [0.2, 0.25) is 5.91 Å². The standard InChI is InChI=1S/C13H16BrN3O4/c1-7-2-3-8(14)10(6-7)17-13(21)16-9(12(19)20)4-5-11(15)18/h2-3,6,9H,4-5H2,1H3,(H2,15,18)(H,19,20)(H2,16,17,21)/t9-/m0/s1. The van der Waals surface area contributed by atoms with Crippen molar-refractivity contribution in [3.8, 4) is 0 Å². The SMILES string of the molecule is Cc1ccc(Br)c(NC(=O)N[C@@H](CCC(N)=O)C(=O)O)c1. The third-order valence-corrected chi connectivity index (χ3v) is 3.34. The summed E-state index contributed by atoms with van der Waals surface area (Å²) in [6, 6.07) is 3.52. The van der Waals surface area contributed by atoms with Crippen molar-refractivity contribution in [3.63, 3.8) is 0 Å². The molecule has 114 valence electrons. The number of halogens is 1. The van der Waals surface area contributed by atoms with E-state index in [1.807, 2.05) is 13.0 Å². The van der Waals surface area contributed by atoms with Gasteiger partial charge in [0.1, 0.15) is 6.04 Å². The van der Waals surface area contributed by atoms with E-state index in [9.17, 15) is 14.4 Å². The van der Waals surface area contributed by atoms with Gasteiger partial charge >= 0.3 is 12.0 Å². The first-order valence-electron chi connectivity index (χ1n) is 6.14. The van der Waals surface area contributed by atoms with E-state index in [-0.39, 0.29) is 12.8 Å². The molecule has 0 aliphatic rings. The molecule has 0 aromatic heterocycles. The lowest BCUT2D eigenvalue weighted by Crippen LogP contribution is -2.43. The second-order valence-corrected chi connectivity index (χ2v) is 5.33. The number of carboxylic acids is 1. The van der Waals surface area contributed by atoms with Gasteiger partial charge in [-0.15, -0.1) is 0 Å². The molecule has 7 nitrogen and oxygen atoms in total. The monoisotopic (exact) mass is 357 g/mol. The summed E-state index contributed by atoms with van der Waals surface area (Å²) in [5.41, 5.74) is 6.43. The van der Waals surface area contributed by atoms with Crippen LogP contribution in [0.3, 0.4) is 0 Å². The molecule has 5 N–H and O–H groups in total. The van der Waals surface area contributed by atoms with Crippen molar-refractivity contribution in [3.05, 3.63) is 28.2 Å². The Morgan fingerprint density at radius 1 is 1.38 bits per heavy atom. The van der Waals surface area contributed by atoms with Crippen LogP contribution in [0.15, 0.2) is 22.7 Å². The molecule has 0 aliphatic carbocycles. The Hall–Kier alpha value is -2.09. The zero-order chi connectivity index (χ0) is 16.0. The number of amides is 3. The molecule has 0 saturated heterocycles. The van der Waals surface area contributed by atoms with Crippen LogP contribution in [0.25, 0.3) is 0 Å². The molecule has 0 unspecified atom stereocenters. The number of carboxylic acid groups (broad SMARTS) is 1. The Morgan fingerprint density at radius 2 is 2.05 bits per heavy atom. The number of nitrogens with two attached hydrogens (primary N) is 1. The van der Waals surface area contributed by atoms with Crippen LogP contribution in [0.4, 0.5) is 10.5 Å². The van der Waals surface area contributed by atoms with Gasteiger partial charge in [0.25, 0.3) is 0 Å². The van der Waals surface area contributed by atoms with Crippen molar-refractivity contribution in [2.45, 2.75) is 25.8 Å². The van der Waals surface area contributed by atoms with Gasteiger partial charge in [-0.25, -0.2) is 9.59 Å². The zero-order valence-corrected chi connectivity index (χ0v) is 12.9. The minimum atomic E-state index is -1.23. The lowest BCUT2D eigenvalue weighted by Gasteiger charge is -2.15. The summed E-state index contributed by atoms with van der Waals surface area (Å²) >= 11 is 3.28. The van der Waals surface area contributed by atoms with E-state index in [0.717, 1.165) is 5.56 Å². The van der Waals surface area contributed by atoms with E-state index in [2.05, 4.69) is 26.6 Å². The average molecular weight is 358 g/mol. The Bertz CT molecular complexity index is 562. The number of urea groups is 1. The Morgan fingerprint density at radius 3 is 2.62 bits per heavy atom. The number of aryl methyl sites for hydroxylation is 1. The van der Waals surface area contributed by atoms with Gasteiger partial charge in [-0.1, -0.05) is 6.07 Å². The Balaban J connectivity index is 2.67. The third kappa shape index (κ3) is 5.82. The van der Waals surface area contributed by atoms with Crippen LogP contribution in [0.2, 0.25) is 0 Å². The molecule has 0 heterocycles. The van der Waals surface area contributed by atoms with Gasteiger partial charge < -0.3 is 21.5 Å². The fraction of sp³-hybridized carbons (Fsp3) is 0.308. The number of hydrogen-bond acceptors (Lipinski definition) is 3. The highest BCUT2D eigenvalue weighted by atomic mass is 79.9. The average Bonchev–Trinajstić information content (AvgIpc) is 2.38. The van der Waals surface area contributed by atoms with Gasteiger partial charge in [0.15, 0.2) is 0 Å². The minimum absolute atomic E-state index is 0.0624. The number of benzene rings is 1. The molecule has 8 heteroatoms. The number of rotatable bonds is 6. The summed E-state index contributed by atoms with van der Waals surface area (Å²) in [5, 5.41) is 13.8. The van der Waals surface area contributed by atoms with Crippen LogP contribution < -0.4 is 16.4 Å². The third-order valence-electron chi connectivity index (χ3n) is 2.65. The van der Waals surface area contributed by atoms with Crippen molar-refractivity contribution < 1.29 is 19.5 Å². The quantitative estimate of drug-likeness (QED) is 0.617. The van der Waals surface area contributed by atoms with Gasteiger partial charge in [-0.3, -0.25) is 4.79 Å². The van der Waals surface area contributed by atoms with Gasteiger partial charge in [0, 0.05) is 10.9 Å². The van der Waals surface area contributed by atoms with E-state index in [1.165, 1.54) is 0 Å². The maximum Gasteiger partial charge on any atom is 0.326 e. The first-order chi connectivity index (χ1) is 9.79. The maximum atomic E-state index is 11.8. The topological polar surface area (TPSA) is 122 Å². The summed E-state index contributed by atoms with van der Waals surface area (Å²) in [6.45, 7) is 1.86. The largest absolute Gasteiger partial charge is 0.480 e. The number of anilines is 1. The predicted octanol–water partition coefficient (Wildman–Crippen LogP) is 1.60. The van der Waals surface area contributed by atoms with Crippen LogP contribution in [0, 0.1) is 6.92 Å². The van der Waals surface area contributed by atoms with Crippen LogP contribution in [-0.4, -0.2) is 29.1 Å². The highest BCUT2D eigenvalue weighted by Gasteiger charge is 2.20. The van der Waals surface area contributed by atoms with E-state index >= 15 is 0 Å². The first-order valence-corrected chi connectivity index (χ1v) is 6.93. The van der Waals surface area contributed by atoms with Crippen LogP contribution in [0.1, 0.15) is 18.4 Å². The van der Waals surface area contributed by atoms with Crippen molar-refractivity contribution in [2.24, 2.45) is 5.73 Å². The van der Waals surface area contributed by atoms with E-state index in [0.29, 0.717) is 10.2 Å². The number of aliphatic carboxylic acids is 1. The second-order valence-electron chi connectivity index (χ2n) is 4.48. The first kappa shape index (κ1) is 17.0. The number of carbonyl (C=O) groups is 3. The molecule has 1 aromatic carbocycles. The molecule has 1 rings (SSSR count). The van der Waals surface area contributed by atoms with E-state index < -0.39 is 23.9 Å². The van der Waals surface area contributed by atoms with Crippen LogP contribution in [-0.2, 0) is 9.59 Å². The zero-order valence-electron chi connectivity index (χ0n) is 11.4. The molecule has 1 atom stereocenters. The number of hydrogen-bond donors (Lipinski definition) is 4. The molecule has 0 spiro atoms. The molecule has 0 fully saturated rings. The van der Waals surface area contributed by atoms with Gasteiger partial charge in [-0.2, -0.15) is 0 Å². The fourth-order valence-corrected chi connectivity index (χ4v) is 1.94. The Kier molecular flexibility index (Phi) is 6.16. The number of primary amides is 1. The van der Waals surface area contributed by atoms with Crippen LogP contribution in [0.5, 0.6) is 0 Å². The molecule has 0 saturated carbocycles. The van der Waals surface area contributed by atoms with E-state index in [1.54, 1.807) is 12.1 Å². The normalized spacial score (nSPS) is 11.5. The second kappa shape index (κ2) is 7.63. The molecule has 0 bridgehead atoms. The molecule has 3 amide bonds. The van der Waals surface area contributed by atoms with Crippen molar-refractivity contribution in [1.82, 2.24) is 5.32 Å².